The fraction of sp³-hybridized carbons (Fsp3) is 0.353. The van der Waals surface area contributed by atoms with E-state index in [1.54, 1.807) is 13.8 Å². The summed E-state index contributed by atoms with van der Waals surface area (Å²) in [7, 11) is 1.89. The zero-order valence-electron chi connectivity index (χ0n) is 12.7. The van der Waals surface area contributed by atoms with E-state index in [2.05, 4.69) is 17.4 Å². The molecule has 2 rings (SSSR count). The number of fused-ring (bicyclic) bond motifs is 1. The second kappa shape index (κ2) is 7.09. The van der Waals surface area contributed by atoms with E-state index < -0.39 is 6.10 Å². The Labute approximate surface area is 125 Å². The molecule has 0 aliphatic rings. The van der Waals surface area contributed by atoms with Crippen LogP contribution in [0, 0.1) is 0 Å². The Morgan fingerprint density at radius 1 is 1.24 bits per heavy atom. The van der Waals surface area contributed by atoms with Crippen LogP contribution < -0.4 is 10.1 Å². The minimum absolute atomic E-state index is 0.346. The topological polar surface area (TPSA) is 47.6 Å². The van der Waals surface area contributed by atoms with Gasteiger partial charge in [-0.3, -0.25) is 0 Å². The molecule has 112 valence electrons. The van der Waals surface area contributed by atoms with Crippen LogP contribution in [0.4, 0.5) is 0 Å². The lowest BCUT2D eigenvalue weighted by molar-refractivity contribution is -0.150. The van der Waals surface area contributed by atoms with Crippen LogP contribution in [0.5, 0.6) is 5.75 Å². The van der Waals surface area contributed by atoms with Crippen molar-refractivity contribution in [2.45, 2.75) is 26.5 Å². The third kappa shape index (κ3) is 3.52. The van der Waals surface area contributed by atoms with Crippen LogP contribution in [0.3, 0.4) is 0 Å². The van der Waals surface area contributed by atoms with E-state index in [-0.39, 0.29) is 5.97 Å². The number of esters is 1. The molecule has 2 aromatic rings. The predicted octanol–water partition coefficient (Wildman–Crippen LogP) is 2.89. The van der Waals surface area contributed by atoms with Crippen molar-refractivity contribution in [2.75, 3.05) is 13.7 Å². The average molecular weight is 287 g/mol. The van der Waals surface area contributed by atoms with Gasteiger partial charge in [0.1, 0.15) is 5.75 Å². The van der Waals surface area contributed by atoms with Crippen molar-refractivity contribution in [1.82, 2.24) is 5.32 Å². The number of nitrogens with one attached hydrogen (secondary N) is 1. The number of ether oxygens (including phenoxy) is 2. The number of hydrogen-bond donors (Lipinski definition) is 1. The number of carbonyl (C=O) groups is 1. The molecule has 0 spiro atoms. The van der Waals surface area contributed by atoms with Gasteiger partial charge in [0.2, 0.25) is 0 Å². The first-order valence-corrected chi connectivity index (χ1v) is 7.16. The molecule has 0 saturated carbocycles. The monoisotopic (exact) mass is 287 g/mol. The van der Waals surface area contributed by atoms with E-state index >= 15 is 0 Å². The molecule has 0 aliphatic carbocycles. The van der Waals surface area contributed by atoms with Gasteiger partial charge in [0.15, 0.2) is 6.10 Å². The van der Waals surface area contributed by atoms with Crippen LogP contribution in [0.2, 0.25) is 0 Å². The maximum Gasteiger partial charge on any atom is 0.347 e. The summed E-state index contributed by atoms with van der Waals surface area (Å²) < 4.78 is 10.8. The van der Waals surface area contributed by atoms with E-state index in [0.717, 1.165) is 16.3 Å². The largest absolute Gasteiger partial charge is 0.479 e. The smallest absolute Gasteiger partial charge is 0.347 e. The molecule has 21 heavy (non-hydrogen) atoms. The summed E-state index contributed by atoms with van der Waals surface area (Å²) in [5.74, 6) is 0.365. The van der Waals surface area contributed by atoms with Gasteiger partial charge in [0, 0.05) is 12.1 Å². The highest BCUT2D eigenvalue weighted by Gasteiger charge is 2.18. The number of carbonyl (C=O) groups excluding carboxylic acids is 1. The van der Waals surface area contributed by atoms with Gasteiger partial charge in [-0.2, -0.15) is 0 Å². The third-order valence-corrected chi connectivity index (χ3v) is 3.27. The van der Waals surface area contributed by atoms with E-state index in [4.69, 9.17) is 9.47 Å². The van der Waals surface area contributed by atoms with Gasteiger partial charge in [-0.1, -0.05) is 30.3 Å². The lowest BCUT2D eigenvalue weighted by atomic mass is 10.0. The second-order valence-electron chi connectivity index (χ2n) is 4.81. The quantitative estimate of drug-likeness (QED) is 0.830. The second-order valence-corrected chi connectivity index (χ2v) is 4.81. The van der Waals surface area contributed by atoms with Crippen LogP contribution >= 0.6 is 0 Å². The first-order valence-electron chi connectivity index (χ1n) is 7.16. The van der Waals surface area contributed by atoms with Crippen LogP contribution in [-0.4, -0.2) is 25.7 Å². The highest BCUT2D eigenvalue weighted by Crippen LogP contribution is 2.28. The van der Waals surface area contributed by atoms with Crippen molar-refractivity contribution in [3.8, 4) is 5.75 Å². The van der Waals surface area contributed by atoms with E-state index in [9.17, 15) is 4.79 Å². The number of rotatable bonds is 6. The fourth-order valence-electron chi connectivity index (χ4n) is 2.28. The van der Waals surface area contributed by atoms with Gasteiger partial charge >= 0.3 is 5.97 Å². The average Bonchev–Trinajstić information content (AvgIpc) is 2.50. The van der Waals surface area contributed by atoms with Gasteiger partial charge in [-0.05, 0) is 37.7 Å². The molecule has 4 heteroatoms. The highest BCUT2D eigenvalue weighted by atomic mass is 16.6. The van der Waals surface area contributed by atoms with E-state index in [1.165, 1.54) is 0 Å². The van der Waals surface area contributed by atoms with Gasteiger partial charge in [-0.15, -0.1) is 0 Å². The molecular formula is C17H21NO3. The molecule has 0 bridgehead atoms. The minimum Gasteiger partial charge on any atom is -0.479 e. The first kappa shape index (κ1) is 15.3. The summed E-state index contributed by atoms with van der Waals surface area (Å²) in [6.45, 7) is 4.52. The Bertz CT molecular complexity index is 624. The molecule has 4 nitrogen and oxygen atoms in total. The van der Waals surface area contributed by atoms with Crippen LogP contribution in [0.1, 0.15) is 19.4 Å². The molecule has 1 unspecified atom stereocenters. The summed E-state index contributed by atoms with van der Waals surface area (Å²) in [6, 6.07) is 12.0. The molecule has 0 radical (unpaired) electrons. The molecule has 0 saturated heterocycles. The highest BCUT2D eigenvalue weighted by molar-refractivity contribution is 5.88. The van der Waals surface area contributed by atoms with E-state index in [0.29, 0.717) is 18.9 Å². The Balaban J connectivity index is 2.34. The lowest BCUT2D eigenvalue weighted by Gasteiger charge is -2.18. The minimum atomic E-state index is -0.623. The zero-order chi connectivity index (χ0) is 15.2. The van der Waals surface area contributed by atoms with Gasteiger partial charge in [0.05, 0.1) is 6.61 Å². The standard InChI is InChI=1S/C17H21NO3/c1-4-20-17(19)12(2)21-16-10-9-13-7-5-6-8-14(13)15(16)11-18-3/h5-10,12,18H,4,11H2,1-3H3. The SMILES string of the molecule is CCOC(=O)C(C)Oc1ccc2ccccc2c1CNC. The molecule has 0 aromatic heterocycles. The molecule has 0 heterocycles. The molecule has 1 atom stereocenters. The summed E-state index contributed by atoms with van der Waals surface area (Å²) in [5, 5.41) is 5.43. The first-order chi connectivity index (χ1) is 10.2. The summed E-state index contributed by atoms with van der Waals surface area (Å²) in [4.78, 5) is 11.7. The van der Waals surface area contributed by atoms with Gasteiger partial charge < -0.3 is 14.8 Å². The number of benzene rings is 2. The summed E-state index contributed by atoms with van der Waals surface area (Å²) >= 11 is 0. The van der Waals surface area contributed by atoms with Crippen molar-refractivity contribution in [1.29, 1.82) is 0 Å². The Morgan fingerprint density at radius 2 is 2.00 bits per heavy atom. The predicted molar refractivity (Wildman–Crippen MR) is 83.4 cm³/mol. The lowest BCUT2D eigenvalue weighted by Crippen LogP contribution is -2.26. The van der Waals surface area contributed by atoms with Gasteiger partial charge in [0.25, 0.3) is 0 Å². The van der Waals surface area contributed by atoms with Gasteiger partial charge in [-0.25, -0.2) is 4.79 Å². The maximum atomic E-state index is 11.7. The molecule has 0 aliphatic heterocycles. The van der Waals surface area contributed by atoms with Crippen molar-refractivity contribution < 1.29 is 14.3 Å². The Morgan fingerprint density at radius 3 is 2.71 bits per heavy atom. The summed E-state index contributed by atoms with van der Waals surface area (Å²) in [5.41, 5.74) is 1.05. The fourth-order valence-corrected chi connectivity index (χ4v) is 2.28. The van der Waals surface area contributed by atoms with Crippen molar-refractivity contribution >= 4 is 16.7 Å². The van der Waals surface area contributed by atoms with Crippen molar-refractivity contribution in [3.05, 3.63) is 42.0 Å². The maximum absolute atomic E-state index is 11.7. The van der Waals surface area contributed by atoms with Crippen LogP contribution in [0.15, 0.2) is 36.4 Å². The molecule has 2 aromatic carbocycles. The van der Waals surface area contributed by atoms with Crippen LogP contribution in [0.25, 0.3) is 10.8 Å². The molecule has 0 fully saturated rings. The molecule has 0 amide bonds. The summed E-state index contributed by atoms with van der Waals surface area (Å²) in [6.07, 6.45) is -0.623. The van der Waals surface area contributed by atoms with Crippen LogP contribution in [-0.2, 0) is 16.1 Å². The number of hydrogen-bond acceptors (Lipinski definition) is 4. The normalized spacial score (nSPS) is 12.1. The van der Waals surface area contributed by atoms with E-state index in [1.807, 2.05) is 31.3 Å². The third-order valence-electron chi connectivity index (χ3n) is 3.27. The Kier molecular flexibility index (Phi) is 5.17. The van der Waals surface area contributed by atoms with Crippen molar-refractivity contribution in [2.24, 2.45) is 0 Å². The zero-order valence-corrected chi connectivity index (χ0v) is 12.7. The molecule has 1 N–H and O–H groups in total. The van der Waals surface area contributed by atoms with Crippen molar-refractivity contribution in [3.63, 3.8) is 0 Å². The molecular weight excluding hydrogens is 266 g/mol. The Hall–Kier alpha value is -2.07.